The zero-order chi connectivity index (χ0) is 17.7. The molecular formula is C15H18N4O4S. The Morgan fingerprint density at radius 2 is 2.08 bits per heavy atom. The van der Waals surface area contributed by atoms with Gasteiger partial charge in [0.15, 0.2) is 0 Å². The summed E-state index contributed by atoms with van der Waals surface area (Å²) in [5.41, 5.74) is 3.38. The number of carbonyl (C=O) groups excluding carboxylic acids is 2. The van der Waals surface area contributed by atoms with Crippen molar-refractivity contribution in [1.82, 2.24) is 10.7 Å². The molecule has 0 radical (unpaired) electrons. The number of amides is 2. The van der Waals surface area contributed by atoms with E-state index in [4.69, 9.17) is 10.3 Å². The van der Waals surface area contributed by atoms with Gasteiger partial charge in [0.25, 0.3) is 5.91 Å². The molecule has 0 unspecified atom stereocenters. The molecule has 1 heterocycles. The Morgan fingerprint density at radius 1 is 1.33 bits per heavy atom. The quantitative estimate of drug-likeness (QED) is 0.163. The largest absolute Gasteiger partial charge is 0.423 e. The lowest BCUT2D eigenvalue weighted by molar-refractivity contribution is -0.127. The Morgan fingerprint density at radius 3 is 2.75 bits per heavy atom. The van der Waals surface area contributed by atoms with E-state index in [9.17, 15) is 14.4 Å². The molecule has 0 spiro atoms. The number of hydrazine groups is 1. The highest BCUT2D eigenvalue weighted by atomic mass is 32.1. The summed E-state index contributed by atoms with van der Waals surface area (Å²) >= 11 is 3.99. The van der Waals surface area contributed by atoms with E-state index in [0.29, 0.717) is 11.3 Å². The van der Waals surface area contributed by atoms with E-state index < -0.39 is 23.5 Å². The molecule has 0 aliphatic rings. The molecule has 0 aliphatic heterocycles. The minimum absolute atomic E-state index is 0.0658. The average Bonchev–Trinajstić information content (AvgIpc) is 2.56. The van der Waals surface area contributed by atoms with E-state index in [2.05, 4.69) is 23.3 Å². The van der Waals surface area contributed by atoms with Gasteiger partial charge in [-0.1, -0.05) is 0 Å². The van der Waals surface area contributed by atoms with Crippen LogP contribution >= 0.6 is 12.6 Å². The zero-order valence-corrected chi connectivity index (χ0v) is 13.9. The van der Waals surface area contributed by atoms with Crippen LogP contribution in [0.25, 0.3) is 11.0 Å². The maximum absolute atomic E-state index is 11.9. The monoisotopic (exact) mass is 350 g/mol. The molecule has 0 fully saturated rings. The van der Waals surface area contributed by atoms with Gasteiger partial charge in [-0.15, -0.1) is 0 Å². The molecule has 2 amide bonds. The van der Waals surface area contributed by atoms with Crippen LogP contribution in [0.15, 0.2) is 33.5 Å². The molecule has 8 nitrogen and oxygen atoms in total. The molecule has 1 aromatic carbocycles. The highest BCUT2D eigenvalue weighted by Gasteiger charge is 2.17. The number of nitrogens with one attached hydrogen (secondary N) is 3. The van der Waals surface area contributed by atoms with Gasteiger partial charge in [0, 0.05) is 29.0 Å². The van der Waals surface area contributed by atoms with Gasteiger partial charge in [-0.3, -0.25) is 15.0 Å². The van der Waals surface area contributed by atoms with Gasteiger partial charge >= 0.3 is 5.63 Å². The molecule has 9 heteroatoms. The van der Waals surface area contributed by atoms with Gasteiger partial charge in [-0.2, -0.15) is 12.6 Å². The normalized spacial score (nSPS) is 11.8. The maximum Gasteiger partial charge on any atom is 0.336 e. The summed E-state index contributed by atoms with van der Waals surface area (Å²) in [6, 6.07) is 5.81. The standard InChI is InChI=1S/C15H18N4O4S/c1-8-4-14(21)23-12-5-9(2-3-10(8)12)17-6-13(20)18-11(7-24)15(22)19-16/h2-5,11,17,24H,6-7,16H2,1H3,(H,18,20)(H,19,22)/t11-/m0/s1. The van der Waals surface area contributed by atoms with Gasteiger partial charge in [0.05, 0.1) is 6.54 Å². The first kappa shape index (κ1) is 17.8. The van der Waals surface area contributed by atoms with Crippen molar-refractivity contribution in [2.45, 2.75) is 13.0 Å². The summed E-state index contributed by atoms with van der Waals surface area (Å²) in [5.74, 6) is 4.22. The molecule has 0 bridgehead atoms. The fourth-order valence-electron chi connectivity index (χ4n) is 2.16. The molecule has 2 aromatic rings. The molecular weight excluding hydrogens is 332 g/mol. The van der Waals surface area contributed by atoms with Crippen LogP contribution in [0.2, 0.25) is 0 Å². The number of benzene rings is 1. The number of aryl methyl sites for hydroxylation is 1. The summed E-state index contributed by atoms with van der Waals surface area (Å²) in [5, 5.41) is 6.22. The molecule has 1 atom stereocenters. The minimum atomic E-state index is -0.815. The van der Waals surface area contributed by atoms with Crippen LogP contribution < -0.4 is 27.5 Å². The molecule has 0 saturated heterocycles. The predicted octanol–water partition coefficient (Wildman–Crippen LogP) is -0.0822. The number of carbonyl (C=O) groups is 2. The van der Waals surface area contributed by atoms with Crippen molar-refractivity contribution >= 4 is 41.1 Å². The van der Waals surface area contributed by atoms with E-state index in [-0.39, 0.29) is 12.3 Å². The van der Waals surface area contributed by atoms with Crippen molar-refractivity contribution in [2.24, 2.45) is 5.84 Å². The summed E-state index contributed by atoms with van der Waals surface area (Å²) in [6.07, 6.45) is 0. The topological polar surface area (TPSA) is 126 Å². The third-order valence-corrected chi connectivity index (χ3v) is 3.75. The molecule has 2 rings (SSSR count). The Kier molecular flexibility index (Phi) is 5.83. The second kappa shape index (κ2) is 7.84. The highest BCUT2D eigenvalue weighted by molar-refractivity contribution is 7.80. The van der Waals surface area contributed by atoms with E-state index in [1.54, 1.807) is 18.2 Å². The van der Waals surface area contributed by atoms with Gasteiger partial charge in [-0.05, 0) is 24.6 Å². The van der Waals surface area contributed by atoms with Crippen molar-refractivity contribution in [3.63, 3.8) is 0 Å². The Balaban J connectivity index is 2.04. The van der Waals surface area contributed by atoms with Gasteiger partial charge < -0.3 is 15.1 Å². The lowest BCUT2D eigenvalue weighted by Crippen LogP contribution is -2.51. The number of fused-ring (bicyclic) bond motifs is 1. The lowest BCUT2D eigenvalue weighted by atomic mass is 10.1. The average molecular weight is 350 g/mol. The summed E-state index contributed by atoms with van der Waals surface area (Å²) in [7, 11) is 0. The SMILES string of the molecule is Cc1cc(=O)oc2cc(NCC(=O)N[C@@H](CS)C(=O)NN)ccc12. The number of hydrogen-bond acceptors (Lipinski definition) is 7. The van der Waals surface area contributed by atoms with Crippen LogP contribution in [0.1, 0.15) is 5.56 Å². The lowest BCUT2D eigenvalue weighted by Gasteiger charge is -2.15. The summed E-state index contributed by atoms with van der Waals surface area (Å²) < 4.78 is 5.14. The van der Waals surface area contributed by atoms with E-state index in [0.717, 1.165) is 10.9 Å². The molecule has 0 aliphatic carbocycles. The van der Waals surface area contributed by atoms with E-state index in [1.165, 1.54) is 6.07 Å². The van der Waals surface area contributed by atoms with E-state index >= 15 is 0 Å². The van der Waals surface area contributed by atoms with Crippen molar-refractivity contribution in [3.05, 3.63) is 40.2 Å². The number of nitrogens with two attached hydrogens (primary N) is 1. The third kappa shape index (κ3) is 4.27. The van der Waals surface area contributed by atoms with Crippen LogP contribution in [0.5, 0.6) is 0 Å². The number of thiol groups is 1. The second-order valence-corrected chi connectivity index (χ2v) is 5.49. The van der Waals surface area contributed by atoms with Gasteiger partial charge in [0.1, 0.15) is 11.6 Å². The van der Waals surface area contributed by atoms with Crippen LogP contribution in [0.4, 0.5) is 5.69 Å². The minimum Gasteiger partial charge on any atom is -0.423 e. The van der Waals surface area contributed by atoms with Crippen molar-refractivity contribution in [1.29, 1.82) is 0 Å². The first-order valence-electron chi connectivity index (χ1n) is 7.13. The Labute approximate surface area is 143 Å². The zero-order valence-electron chi connectivity index (χ0n) is 13.0. The van der Waals surface area contributed by atoms with Crippen molar-refractivity contribution < 1.29 is 14.0 Å². The van der Waals surface area contributed by atoms with Crippen LogP contribution in [0.3, 0.4) is 0 Å². The fourth-order valence-corrected chi connectivity index (χ4v) is 2.41. The summed E-state index contributed by atoms with van der Waals surface area (Å²) in [4.78, 5) is 34.7. The van der Waals surface area contributed by atoms with Crippen LogP contribution in [-0.4, -0.2) is 30.2 Å². The van der Waals surface area contributed by atoms with Crippen LogP contribution in [-0.2, 0) is 9.59 Å². The number of rotatable bonds is 6. The maximum atomic E-state index is 11.9. The Bertz CT molecular complexity index is 821. The first-order chi connectivity index (χ1) is 11.4. The van der Waals surface area contributed by atoms with Gasteiger partial charge in [-0.25, -0.2) is 10.6 Å². The Hall–Kier alpha value is -2.52. The second-order valence-electron chi connectivity index (χ2n) is 5.12. The molecule has 5 N–H and O–H groups in total. The van der Waals surface area contributed by atoms with Crippen molar-refractivity contribution in [2.75, 3.05) is 17.6 Å². The third-order valence-electron chi connectivity index (χ3n) is 3.38. The predicted molar refractivity (Wildman–Crippen MR) is 93.8 cm³/mol. The molecule has 0 saturated carbocycles. The molecule has 128 valence electrons. The number of hydrogen-bond donors (Lipinski definition) is 5. The van der Waals surface area contributed by atoms with Crippen LogP contribution in [0, 0.1) is 6.92 Å². The first-order valence-corrected chi connectivity index (χ1v) is 7.77. The molecule has 1 aromatic heterocycles. The fraction of sp³-hybridized carbons (Fsp3) is 0.267. The number of anilines is 1. The van der Waals surface area contributed by atoms with E-state index in [1.807, 2.05) is 12.3 Å². The highest BCUT2D eigenvalue weighted by Crippen LogP contribution is 2.20. The molecule has 24 heavy (non-hydrogen) atoms. The summed E-state index contributed by atoms with van der Waals surface area (Å²) in [6.45, 7) is 1.75. The smallest absolute Gasteiger partial charge is 0.336 e. The van der Waals surface area contributed by atoms with Crippen molar-refractivity contribution in [3.8, 4) is 0 Å². The van der Waals surface area contributed by atoms with Gasteiger partial charge in [0.2, 0.25) is 5.91 Å².